The van der Waals surface area contributed by atoms with Crippen molar-refractivity contribution in [2.45, 2.75) is 6.54 Å². The number of fused-ring (bicyclic) bond motifs is 2. The molecule has 1 fully saturated rings. The van der Waals surface area contributed by atoms with Crippen molar-refractivity contribution >= 4 is 44.4 Å². The topological polar surface area (TPSA) is 66.6 Å². The summed E-state index contributed by atoms with van der Waals surface area (Å²) < 4.78 is 1.59. The molecule has 0 radical (unpaired) electrons. The fourth-order valence-corrected chi connectivity index (χ4v) is 5.53. The van der Waals surface area contributed by atoms with Gasteiger partial charge in [0.15, 0.2) is 10.8 Å². The Morgan fingerprint density at radius 1 is 0.906 bits per heavy atom. The number of piperazine rings is 1. The summed E-state index contributed by atoms with van der Waals surface area (Å²) in [4.78, 5) is 33.2. The molecule has 5 aromatic rings. The smallest absolute Gasteiger partial charge is 0.258 e. The van der Waals surface area contributed by atoms with Crippen LogP contribution in [0.4, 0.5) is 5.82 Å². The van der Waals surface area contributed by atoms with E-state index >= 15 is 0 Å². The van der Waals surface area contributed by atoms with Gasteiger partial charge in [0.05, 0.1) is 16.1 Å². The van der Waals surface area contributed by atoms with Crippen molar-refractivity contribution in [3.05, 3.63) is 75.5 Å². The SMILES string of the molecule is O=c1cc(CN2CCN(c3nc(-c4cccs4)nc4ccccc34)CC2)nc2sccn12. The molecule has 1 aromatic carbocycles. The van der Waals surface area contributed by atoms with E-state index in [2.05, 4.69) is 38.4 Å². The van der Waals surface area contributed by atoms with Gasteiger partial charge >= 0.3 is 0 Å². The van der Waals surface area contributed by atoms with E-state index in [1.807, 2.05) is 23.6 Å². The summed E-state index contributed by atoms with van der Waals surface area (Å²) in [7, 11) is 0. The summed E-state index contributed by atoms with van der Waals surface area (Å²) in [6.07, 6.45) is 1.77. The van der Waals surface area contributed by atoms with E-state index in [4.69, 9.17) is 9.97 Å². The number of thiazole rings is 1. The maximum absolute atomic E-state index is 12.3. The zero-order valence-electron chi connectivity index (χ0n) is 17.2. The lowest BCUT2D eigenvalue weighted by atomic mass is 10.2. The average Bonchev–Trinajstić information content (AvgIpc) is 3.52. The third-order valence-electron chi connectivity index (χ3n) is 5.74. The molecular formula is C23H20N6OS2. The molecular weight excluding hydrogens is 440 g/mol. The molecule has 0 spiro atoms. The molecule has 0 bridgehead atoms. The average molecular weight is 461 g/mol. The molecule has 1 aliphatic rings. The second-order valence-electron chi connectivity index (χ2n) is 7.77. The van der Waals surface area contributed by atoms with Crippen LogP contribution >= 0.6 is 22.7 Å². The number of benzene rings is 1. The fourth-order valence-electron chi connectivity index (χ4n) is 4.13. The van der Waals surface area contributed by atoms with Crippen molar-refractivity contribution < 1.29 is 0 Å². The van der Waals surface area contributed by atoms with Gasteiger partial charge < -0.3 is 4.90 Å². The fraction of sp³-hybridized carbons (Fsp3) is 0.217. The van der Waals surface area contributed by atoms with Crippen molar-refractivity contribution in [3.8, 4) is 10.7 Å². The predicted molar refractivity (Wildman–Crippen MR) is 130 cm³/mol. The van der Waals surface area contributed by atoms with Crippen molar-refractivity contribution in [2.24, 2.45) is 0 Å². The lowest BCUT2D eigenvalue weighted by Gasteiger charge is -2.35. The maximum atomic E-state index is 12.3. The van der Waals surface area contributed by atoms with Crippen LogP contribution in [0.1, 0.15) is 5.69 Å². The van der Waals surface area contributed by atoms with Crippen molar-refractivity contribution in [2.75, 3.05) is 31.1 Å². The molecule has 0 saturated carbocycles. The molecule has 160 valence electrons. The summed E-state index contributed by atoms with van der Waals surface area (Å²) in [5, 5.41) is 5.03. The molecule has 32 heavy (non-hydrogen) atoms. The highest BCUT2D eigenvalue weighted by Gasteiger charge is 2.22. The van der Waals surface area contributed by atoms with Gasteiger partial charge in [-0.05, 0) is 23.6 Å². The Hall–Kier alpha value is -3.14. The predicted octanol–water partition coefficient (Wildman–Crippen LogP) is 3.75. The number of hydrogen-bond donors (Lipinski definition) is 0. The number of rotatable bonds is 4. The normalized spacial score (nSPS) is 15.1. The Kier molecular flexibility index (Phi) is 4.94. The molecule has 0 N–H and O–H groups in total. The van der Waals surface area contributed by atoms with E-state index in [0.29, 0.717) is 6.54 Å². The molecule has 0 unspecified atom stereocenters. The number of nitrogens with zero attached hydrogens (tertiary/aromatic N) is 6. The van der Waals surface area contributed by atoms with Crippen LogP contribution in [0.5, 0.6) is 0 Å². The van der Waals surface area contributed by atoms with E-state index in [1.54, 1.807) is 28.0 Å². The van der Waals surface area contributed by atoms with Gasteiger partial charge in [0.1, 0.15) is 5.82 Å². The van der Waals surface area contributed by atoms with Crippen LogP contribution in [0.25, 0.3) is 26.6 Å². The van der Waals surface area contributed by atoms with E-state index < -0.39 is 0 Å². The monoisotopic (exact) mass is 460 g/mol. The number of anilines is 1. The zero-order valence-corrected chi connectivity index (χ0v) is 18.9. The lowest BCUT2D eigenvalue weighted by Crippen LogP contribution is -2.46. The first kappa shape index (κ1) is 19.5. The Bertz CT molecular complexity index is 1450. The van der Waals surface area contributed by atoms with Crippen LogP contribution < -0.4 is 10.5 Å². The first-order valence-corrected chi connectivity index (χ1v) is 12.2. The Labute approximate surface area is 192 Å². The number of thiophene rings is 1. The van der Waals surface area contributed by atoms with Crippen LogP contribution in [0.2, 0.25) is 0 Å². The van der Waals surface area contributed by atoms with Crippen LogP contribution in [-0.2, 0) is 6.54 Å². The molecule has 1 saturated heterocycles. The largest absolute Gasteiger partial charge is 0.353 e. The highest BCUT2D eigenvalue weighted by molar-refractivity contribution is 7.15. The van der Waals surface area contributed by atoms with Crippen molar-refractivity contribution in [1.82, 2.24) is 24.3 Å². The minimum absolute atomic E-state index is 0.0153. The van der Waals surface area contributed by atoms with Crippen molar-refractivity contribution in [1.29, 1.82) is 0 Å². The quantitative estimate of drug-likeness (QED) is 0.407. The number of hydrogen-bond acceptors (Lipinski definition) is 8. The molecule has 4 aromatic heterocycles. The summed E-state index contributed by atoms with van der Waals surface area (Å²) >= 11 is 3.15. The second-order valence-corrected chi connectivity index (χ2v) is 9.59. The lowest BCUT2D eigenvalue weighted by molar-refractivity contribution is 0.247. The molecule has 7 nitrogen and oxygen atoms in total. The minimum Gasteiger partial charge on any atom is -0.353 e. The zero-order chi connectivity index (χ0) is 21.5. The highest BCUT2D eigenvalue weighted by atomic mass is 32.1. The molecule has 0 amide bonds. The van der Waals surface area contributed by atoms with Gasteiger partial charge in [-0.25, -0.2) is 15.0 Å². The third kappa shape index (κ3) is 3.58. The standard InChI is InChI=1S/C23H20N6OS2/c30-20-14-16(24-23-29(20)11-13-32-23)15-27-7-9-28(10-8-27)22-17-4-1-2-5-18(17)25-21(26-22)19-6-3-12-31-19/h1-6,11-14H,7-10,15H2. The summed E-state index contributed by atoms with van der Waals surface area (Å²) in [6, 6.07) is 14.0. The van der Waals surface area contributed by atoms with Gasteiger partial charge in [0.25, 0.3) is 5.56 Å². The maximum Gasteiger partial charge on any atom is 0.258 e. The summed E-state index contributed by atoms with van der Waals surface area (Å²) in [5.41, 5.74) is 1.79. The van der Waals surface area contributed by atoms with Crippen LogP contribution in [0.3, 0.4) is 0 Å². The van der Waals surface area contributed by atoms with Gasteiger partial charge in [-0.3, -0.25) is 14.1 Å². The van der Waals surface area contributed by atoms with Crippen molar-refractivity contribution in [3.63, 3.8) is 0 Å². The third-order valence-corrected chi connectivity index (χ3v) is 7.36. The second kappa shape index (κ2) is 8.09. The minimum atomic E-state index is -0.0153. The Balaban J connectivity index is 1.24. The Morgan fingerprint density at radius 2 is 1.78 bits per heavy atom. The van der Waals surface area contributed by atoms with E-state index in [-0.39, 0.29) is 5.56 Å². The number of aromatic nitrogens is 4. The summed E-state index contributed by atoms with van der Waals surface area (Å²) in [5.74, 6) is 1.78. The Morgan fingerprint density at radius 3 is 2.62 bits per heavy atom. The molecule has 0 atom stereocenters. The van der Waals surface area contributed by atoms with Crippen LogP contribution in [0.15, 0.2) is 64.2 Å². The van der Waals surface area contributed by atoms with Gasteiger partial charge in [-0.1, -0.05) is 18.2 Å². The van der Waals surface area contributed by atoms with Gasteiger partial charge in [0.2, 0.25) is 0 Å². The summed E-state index contributed by atoms with van der Waals surface area (Å²) in [6.45, 7) is 4.19. The van der Waals surface area contributed by atoms with Crippen LogP contribution in [-0.4, -0.2) is 50.4 Å². The molecule has 5 heterocycles. The van der Waals surface area contributed by atoms with Gasteiger partial charge in [0, 0.05) is 55.8 Å². The van der Waals surface area contributed by atoms with E-state index in [9.17, 15) is 4.79 Å². The van der Waals surface area contributed by atoms with Crippen LogP contribution in [0, 0.1) is 0 Å². The molecule has 9 heteroatoms. The number of para-hydroxylation sites is 1. The van der Waals surface area contributed by atoms with E-state index in [0.717, 1.165) is 64.3 Å². The van der Waals surface area contributed by atoms with Gasteiger partial charge in [-0.2, -0.15) is 0 Å². The van der Waals surface area contributed by atoms with Gasteiger partial charge in [-0.15, -0.1) is 22.7 Å². The molecule has 1 aliphatic heterocycles. The van der Waals surface area contributed by atoms with E-state index in [1.165, 1.54) is 11.3 Å². The molecule has 6 rings (SSSR count). The highest BCUT2D eigenvalue weighted by Crippen LogP contribution is 2.30. The first-order chi connectivity index (χ1) is 15.7. The first-order valence-electron chi connectivity index (χ1n) is 10.5. The molecule has 0 aliphatic carbocycles.